The number of nitrogens with one attached hydrogen (secondary N) is 1. The van der Waals surface area contributed by atoms with Crippen LogP contribution >= 0.6 is 15.9 Å². The third kappa shape index (κ3) is 4.16. The van der Waals surface area contributed by atoms with Crippen molar-refractivity contribution >= 4 is 21.8 Å². The van der Waals surface area contributed by atoms with Gasteiger partial charge in [-0.3, -0.25) is 4.79 Å². The van der Waals surface area contributed by atoms with E-state index in [0.717, 1.165) is 28.8 Å². The Morgan fingerprint density at radius 2 is 2.00 bits per heavy atom. The Labute approximate surface area is 171 Å². The average molecular weight is 444 g/mol. The number of amides is 1. The summed E-state index contributed by atoms with van der Waals surface area (Å²) >= 11 is 3.41. The first kappa shape index (κ1) is 18.9. The van der Waals surface area contributed by atoms with E-state index < -0.39 is 0 Å². The average Bonchev–Trinajstić information content (AvgIpc) is 3.39. The van der Waals surface area contributed by atoms with Crippen LogP contribution in [0.15, 0.2) is 45.7 Å². The first-order valence-corrected chi connectivity index (χ1v) is 10.3. The maximum absolute atomic E-state index is 12.6. The maximum atomic E-state index is 12.6. The number of benzene rings is 1. The molecule has 1 unspecified atom stereocenters. The zero-order valence-electron chi connectivity index (χ0n) is 15.6. The molecule has 28 heavy (non-hydrogen) atoms. The fourth-order valence-corrected chi connectivity index (χ4v) is 3.73. The SMILES string of the molecule is CC(NC(=O)c1cnn(-c2ccc(Br)cc2)c1)c1nc(C2CCCCC2)no1. The van der Waals surface area contributed by atoms with Crippen LogP contribution in [0.2, 0.25) is 0 Å². The second-order valence-corrected chi connectivity index (χ2v) is 8.09. The third-order valence-corrected chi connectivity index (χ3v) is 5.61. The summed E-state index contributed by atoms with van der Waals surface area (Å²) in [5.74, 6) is 1.35. The van der Waals surface area contributed by atoms with Crippen LogP contribution in [0.4, 0.5) is 0 Å². The van der Waals surface area contributed by atoms with Crippen LogP contribution in [0.1, 0.15) is 73.1 Å². The molecular formula is C20H22BrN5O2. The molecule has 1 aliphatic rings. The molecule has 2 heterocycles. The first-order chi connectivity index (χ1) is 13.6. The molecule has 1 fully saturated rings. The maximum Gasteiger partial charge on any atom is 0.255 e. The molecule has 8 heteroatoms. The Balaban J connectivity index is 1.41. The predicted octanol–water partition coefficient (Wildman–Crippen LogP) is 4.56. The molecule has 0 aliphatic heterocycles. The molecule has 1 atom stereocenters. The summed E-state index contributed by atoms with van der Waals surface area (Å²) in [5.41, 5.74) is 1.35. The molecule has 1 saturated carbocycles. The summed E-state index contributed by atoms with van der Waals surface area (Å²) in [5, 5.41) is 11.3. The monoisotopic (exact) mass is 443 g/mol. The molecule has 0 saturated heterocycles. The number of carbonyl (C=O) groups is 1. The summed E-state index contributed by atoms with van der Waals surface area (Å²) in [4.78, 5) is 17.1. The van der Waals surface area contributed by atoms with E-state index in [1.54, 1.807) is 17.1 Å². The highest BCUT2D eigenvalue weighted by atomic mass is 79.9. The molecule has 1 aromatic carbocycles. The number of hydrogen-bond acceptors (Lipinski definition) is 5. The van der Waals surface area contributed by atoms with Gasteiger partial charge in [0, 0.05) is 16.6 Å². The van der Waals surface area contributed by atoms with Crippen molar-refractivity contribution in [1.82, 2.24) is 25.2 Å². The molecule has 7 nitrogen and oxygen atoms in total. The van der Waals surface area contributed by atoms with E-state index in [2.05, 4.69) is 36.5 Å². The highest BCUT2D eigenvalue weighted by Gasteiger charge is 2.24. The van der Waals surface area contributed by atoms with Crippen molar-refractivity contribution in [3.05, 3.63) is 58.4 Å². The summed E-state index contributed by atoms with van der Waals surface area (Å²) in [6.07, 6.45) is 9.16. The minimum absolute atomic E-state index is 0.228. The Hall–Kier alpha value is -2.48. The first-order valence-electron chi connectivity index (χ1n) is 9.55. The molecule has 0 bridgehead atoms. The quantitative estimate of drug-likeness (QED) is 0.624. The van der Waals surface area contributed by atoms with E-state index in [4.69, 9.17) is 4.52 Å². The van der Waals surface area contributed by atoms with Gasteiger partial charge in [0.05, 0.1) is 17.4 Å². The van der Waals surface area contributed by atoms with Gasteiger partial charge >= 0.3 is 0 Å². The van der Waals surface area contributed by atoms with E-state index in [1.165, 1.54) is 19.3 Å². The van der Waals surface area contributed by atoms with Crippen LogP contribution in [0.25, 0.3) is 5.69 Å². The van der Waals surface area contributed by atoms with E-state index in [1.807, 2.05) is 31.2 Å². The summed E-state index contributed by atoms with van der Waals surface area (Å²) in [6.45, 7) is 1.84. The van der Waals surface area contributed by atoms with Crippen molar-refractivity contribution in [1.29, 1.82) is 0 Å². The number of aromatic nitrogens is 4. The number of carbonyl (C=O) groups excluding carboxylic acids is 1. The van der Waals surface area contributed by atoms with Gasteiger partial charge in [-0.25, -0.2) is 4.68 Å². The van der Waals surface area contributed by atoms with E-state index in [0.29, 0.717) is 17.4 Å². The lowest BCUT2D eigenvalue weighted by Crippen LogP contribution is -2.26. The lowest BCUT2D eigenvalue weighted by Gasteiger charge is -2.17. The molecule has 1 amide bonds. The molecule has 4 rings (SSSR count). The lowest BCUT2D eigenvalue weighted by atomic mass is 9.89. The Morgan fingerprint density at radius 3 is 2.75 bits per heavy atom. The van der Waals surface area contributed by atoms with Gasteiger partial charge in [0.1, 0.15) is 6.04 Å². The van der Waals surface area contributed by atoms with Crippen molar-refractivity contribution in [2.45, 2.75) is 51.0 Å². The molecule has 0 spiro atoms. The van der Waals surface area contributed by atoms with Gasteiger partial charge in [-0.1, -0.05) is 40.3 Å². The summed E-state index contributed by atoms with van der Waals surface area (Å²) < 4.78 is 8.06. The summed E-state index contributed by atoms with van der Waals surface area (Å²) in [7, 11) is 0. The van der Waals surface area contributed by atoms with Crippen LogP contribution in [0, 0.1) is 0 Å². The highest BCUT2D eigenvalue weighted by Crippen LogP contribution is 2.31. The van der Waals surface area contributed by atoms with E-state index in [9.17, 15) is 4.79 Å². The van der Waals surface area contributed by atoms with Crippen molar-refractivity contribution in [3.63, 3.8) is 0 Å². The van der Waals surface area contributed by atoms with Gasteiger partial charge in [0.2, 0.25) is 5.89 Å². The van der Waals surface area contributed by atoms with Crippen LogP contribution in [0.3, 0.4) is 0 Å². The zero-order valence-corrected chi connectivity index (χ0v) is 17.2. The molecule has 146 valence electrons. The highest BCUT2D eigenvalue weighted by molar-refractivity contribution is 9.10. The molecule has 1 aliphatic carbocycles. The van der Waals surface area contributed by atoms with Crippen LogP contribution in [0.5, 0.6) is 0 Å². The van der Waals surface area contributed by atoms with Crippen molar-refractivity contribution in [2.75, 3.05) is 0 Å². The molecule has 2 aromatic heterocycles. The fraction of sp³-hybridized carbons (Fsp3) is 0.400. The number of rotatable bonds is 5. The van der Waals surface area contributed by atoms with E-state index in [-0.39, 0.29) is 11.9 Å². The zero-order chi connectivity index (χ0) is 19.5. The van der Waals surface area contributed by atoms with Gasteiger partial charge in [-0.2, -0.15) is 10.1 Å². The number of hydrogen-bond donors (Lipinski definition) is 1. The van der Waals surface area contributed by atoms with Crippen molar-refractivity contribution in [3.8, 4) is 5.69 Å². The van der Waals surface area contributed by atoms with Crippen LogP contribution in [-0.4, -0.2) is 25.8 Å². The second-order valence-electron chi connectivity index (χ2n) is 7.17. The predicted molar refractivity (Wildman–Crippen MR) is 107 cm³/mol. The lowest BCUT2D eigenvalue weighted by molar-refractivity contribution is 0.0932. The largest absolute Gasteiger partial charge is 0.340 e. The van der Waals surface area contributed by atoms with Gasteiger partial charge in [-0.05, 0) is 44.0 Å². The Bertz CT molecular complexity index is 944. The molecule has 0 radical (unpaired) electrons. The topological polar surface area (TPSA) is 85.8 Å². The minimum Gasteiger partial charge on any atom is -0.340 e. The fourth-order valence-electron chi connectivity index (χ4n) is 3.47. The summed E-state index contributed by atoms with van der Waals surface area (Å²) in [6, 6.07) is 7.34. The number of halogens is 1. The Morgan fingerprint density at radius 1 is 1.25 bits per heavy atom. The minimum atomic E-state index is -0.367. The van der Waals surface area contributed by atoms with Gasteiger partial charge in [-0.15, -0.1) is 0 Å². The third-order valence-electron chi connectivity index (χ3n) is 5.08. The molecule has 3 aromatic rings. The van der Waals surface area contributed by atoms with Crippen molar-refractivity contribution < 1.29 is 9.32 Å². The van der Waals surface area contributed by atoms with E-state index >= 15 is 0 Å². The Kier molecular flexibility index (Phi) is 5.57. The van der Waals surface area contributed by atoms with Gasteiger partial charge in [0.25, 0.3) is 5.91 Å². The molecular weight excluding hydrogens is 422 g/mol. The smallest absolute Gasteiger partial charge is 0.255 e. The van der Waals surface area contributed by atoms with Crippen molar-refractivity contribution in [2.24, 2.45) is 0 Å². The van der Waals surface area contributed by atoms with Gasteiger partial charge in [0.15, 0.2) is 5.82 Å². The van der Waals surface area contributed by atoms with Crippen LogP contribution < -0.4 is 5.32 Å². The van der Waals surface area contributed by atoms with Gasteiger partial charge < -0.3 is 9.84 Å². The standard InChI is InChI=1S/C20H22BrN5O2/c1-13(20-24-18(25-28-20)14-5-3-2-4-6-14)23-19(27)15-11-22-26(12-15)17-9-7-16(21)8-10-17/h7-14H,2-6H2,1H3,(H,23,27). The molecule has 1 N–H and O–H groups in total. The number of nitrogens with zero attached hydrogens (tertiary/aromatic N) is 4. The normalized spacial score (nSPS) is 16.1. The second kappa shape index (κ2) is 8.26. The van der Waals surface area contributed by atoms with Crippen LogP contribution in [-0.2, 0) is 0 Å².